The first-order chi connectivity index (χ1) is 21.8. The van der Waals surface area contributed by atoms with E-state index in [1.165, 1.54) is 6.92 Å². The molecular weight excluding hydrogens is 608 g/mol. The number of ketones is 1. The van der Waals surface area contributed by atoms with Crippen LogP contribution in [0.5, 0.6) is 0 Å². The van der Waals surface area contributed by atoms with Gasteiger partial charge in [0.2, 0.25) is 0 Å². The van der Waals surface area contributed by atoms with E-state index in [0.717, 1.165) is 0 Å². The van der Waals surface area contributed by atoms with Crippen molar-refractivity contribution in [2.24, 2.45) is 17.8 Å². The molecule has 47 heavy (non-hydrogen) atoms. The maximum Gasteiger partial charge on any atom is 0.408 e. The van der Waals surface area contributed by atoms with Crippen molar-refractivity contribution in [1.29, 1.82) is 0 Å². The van der Waals surface area contributed by atoms with E-state index in [1.807, 2.05) is 53.9 Å². The molecule has 3 heterocycles. The van der Waals surface area contributed by atoms with Crippen molar-refractivity contribution in [2.45, 2.75) is 141 Å². The number of fused-ring (bicyclic) bond motifs is 1. The van der Waals surface area contributed by atoms with Crippen LogP contribution >= 0.6 is 0 Å². The quantitative estimate of drug-likeness (QED) is 0.269. The molecule has 3 unspecified atom stereocenters. The molecule has 3 rings (SSSR count). The number of methoxy groups -OCH3 is 1. The number of cyclic esters (lactones) is 1. The van der Waals surface area contributed by atoms with E-state index in [2.05, 4.69) is 29.4 Å². The van der Waals surface area contributed by atoms with Crippen molar-refractivity contribution in [3.63, 3.8) is 0 Å². The lowest BCUT2D eigenvalue weighted by Gasteiger charge is -2.48. The molecule has 3 N–H and O–H groups in total. The Hall–Kier alpha value is -1.87. The number of Topliss-reactive ketones (excluding diaryl/α,β-unsaturated/α-hetero) is 1. The van der Waals surface area contributed by atoms with Crippen molar-refractivity contribution < 1.29 is 43.2 Å². The minimum atomic E-state index is -1.16. The summed E-state index contributed by atoms with van der Waals surface area (Å²) in [5.41, 5.74) is -2.18. The van der Waals surface area contributed by atoms with E-state index >= 15 is 0 Å². The number of alkyl carbamates (subject to hydrolysis) is 1. The number of hydrogen-bond acceptors (Lipinski definition) is 12. The molecule has 13 heteroatoms. The summed E-state index contributed by atoms with van der Waals surface area (Å²) in [5, 5.41) is 18.0. The number of ether oxygens (including phenoxy) is 5. The monoisotopic (exact) mass is 670 g/mol. The lowest BCUT2D eigenvalue weighted by molar-refractivity contribution is -0.302. The van der Waals surface area contributed by atoms with Crippen LogP contribution in [0.15, 0.2) is 0 Å². The zero-order valence-corrected chi connectivity index (χ0v) is 30.9. The molecule has 0 saturated carbocycles. The predicted molar refractivity (Wildman–Crippen MR) is 177 cm³/mol. The number of carbonyl (C=O) groups excluding carboxylic acids is 3. The number of rotatable bonds is 7. The van der Waals surface area contributed by atoms with Crippen LogP contribution in [0.1, 0.15) is 74.7 Å². The molecule has 0 aromatic rings. The minimum Gasteiger partial charge on any atom is -0.458 e. The minimum absolute atomic E-state index is 0.0238. The average molecular weight is 671 g/mol. The summed E-state index contributed by atoms with van der Waals surface area (Å²) in [6.07, 6.45) is -3.12. The van der Waals surface area contributed by atoms with Gasteiger partial charge in [-0.05, 0) is 94.5 Å². The van der Waals surface area contributed by atoms with Crippen LogP contribution in [-0.2, 0) is 33.3 Å². The summed E-state index contributed by atoms with van der Waals surface area (Å²) in [7, 11) is 9.38. The maximum atomic E-state index is 14.2. The molecule has 3 aliphatic rings. The number of carbonyl (C=O) groups is 3. The molecule has 272 valence electrons. The second-order valence-electron chi connectivity index (χ2n) is 15.0. The number of nitrogens with zero attached hydrogens (tertiary/aromatic N) is 2. The van der Waals surface area contributed by atoms with E-state index in [1.54, 1.807) is 21.0 Å². The molecule has 0 bridgehead atoms. The highest BCUT2D eigenvalue weighted by Gasteiger charge is 2.55. The molecule has 0 spiro atoms. The third-order valence-corrected chi connectivity index (χ3v) is 11.0. The number of aliphatic hydroxyl groups is 1. The summed E-state index contributed by atoms with van der Waals surface area (Å²) in [6, 6.07) is -0.959. The molecule has 0 aromatic heterocycles. The number of likely N-dealkylation sites (N-methyl/N-ethyl adjacent to an activating group) is 2. The van der Waals surface area contributed by atoms with Gasteiger partial charge < -0.3 is 49.2 Å². The van der Waals surface area contributed by atoms with Crippen LogP contribution in [0, 0.1) is 17.8 Å². The van der Waals surface area contributed by atoms with Gasteiger partial charge in [-0.2, -0.15) is 0 Å². The van der Waals surface area contributed by atoms with Gasteiger partial charge in [0.1, 0.15) is 18.1 Å². The molecule has 3 saturated heterocycles. The van der Waals surface area contributed by atoms with E-state index in [4.69, 9.17) is 23.7 Å². The fraction of sp³-hybridized carbons (Fsp3) is 0.912. The predicted octanol–water partition coefficient (Wildman–Crippen LogP) is 2.18. The Morgan fingerprint density at radius 1 is 1.09 bits per heavy atom. The maximum absolute atomic E-state index is 14.2. The van der Waals surface area contributed by atoms with Crippen LogP contribution in [0.2, 0.25) is 0 Å². The Labute approximate surface area is 281 Å². The molecule has 0 radical (unpaired) electrons. The van der Waals surface area contributed by atoms with Gasteiger partial charge in [0.15, 0.2) is 17.7 Å². The topological polar surface area (TPSA) is 148 Å². The van der Waals surface area contributed by atoms with E-state index in [0.29, 0.717) is 25.8 Å². The Bertz CT molecular complexity index is 1090. The molecule has 3 fully saturated rings. The van der Waals surface area contributed by atoms with Gasteiger partial charge in [-0.25, -0.2) is 4.79 Å². The van der Waals surface area contributed by atoms with Gasteiger partial charge in [-0.15, -0.1) is 0 Å². The van der Waals surface area contributed by atoms with Crippen molar-refractivity contribution in [1.82, 2.24) is 20.4 Å². The van der Waals surface area contributed by atoms with Crippen LogP contribution in [-0.4, -0.2) is 141 Å². The first kappa shape index (κ1) is 39.6. The molecule has 3 aliphatic heterocycles. The normalized spacial score (nSPS) is 43.4. The standard InChI is InChI=1S/C34H62N4O9/c1-14-25-34(8)28(36-32(42)47-34)21(5)35-17-18(2)16-33(7,43-13)29(19(3)26(39)20(4)30(41)45-25)46-31-27(40)23(38(11)12)15-24(44-31)22(6)37(9)10/h18-25,27-29,31,35,40H,14-17H2,1-13H3,(H,36,42)/t18-,19+,20-,21-,22-,23?,24?,25-,27?,28-,29-,31+,33-,34-/m1/s1. The largest absolute Gasteiger partial charge is 0.458 e. The number of amides is 1. The molecule has 13 nitrogen and oxygen atoms in total. The molecule has 0 aromatic carbocycles. The van der Waals surface area contributed by atoms with Crippen LogP contribution in [0.4, 0.5) is 4.79 Å². The lowest BCUT2D eigenvalue weighted by atomic mass is 9.78. The van der Waals surface area contributed by atoms with Crippen molar-refractivity contribution in [2.75, 3.05) is 41.8 Å². The first-order valence-corrected chi connectivity index (χ1v) is 17.1. The van der Waals surface area contributed by atoms with Crippen molar-refractivity contribution in [3.8, 4) is 0 Å². The lowest BCUT2D eigenvalue weighted by Crippen LogP contribution is -2.61. The van der Waals surface area contributed by atoms with Crippen LogP contribution in [0.3, 0.4) is 0 Å². The summed E-state index contributed by atoms with van der Waals surface area (Å²) in [5.74, 6) is -3.07. The second kappa shape index (κ2) is 15.8. The fourth-order valence-corrected chi connectivity index (χ4v) is 7.62. The van der Waals surface area contributed by atoms with Gasteiger partial charge in [-0.3, -0.25) is 9.59 Å². The van der Waals surface area contributed by atoms with Crippen molar-refractivity contribution in [3.05, 3.63) is 0 Å². The summed E-state index contributed by atoms with van der Waals surface area (Å²) < 4.78 is 31.1. The molecular formula is C34H62N4O9. The average Bonchev–Trinajstić information content (AvgIpc) is 3.33. The molecule has 0 aliphatic carbocycles. The van der Waals surface area contributed by atoms with Crippen molar-refractivity contribution >= 4 is 17.8 Å². The van der Waals surface area contributed by atoms with Gasteiger partial charge in [-0.1, -0.05) is 20.8 Å². The van der Waals surface area contributed by atoms with Crippen LogP contribution in [0.25, 0.3) is 0 Å². The van der Waals surface area contributed by atoms with Gasteiger partial charge in [0.05, 0.1) is 23.9 Å². The Kier molecular flexibility index (Phi) is 13.3. The highest BCUT2D eigenvalue weighted by atomic mass is 16.7. The van der Waals surface area contributed by atoms with E-state index in [9.17, 15) is 19.5 Å². The fourth-order valence-electron chi connectivity index (χ4n) is 7.62. The Balaban J connectivity index is 2.05. The van der Waals surface area contributed by atoms with Gasteiger partial charge in [0, 0.05) is 31.2 Å². The third kappa shape index (κ3) is 8.48. The number of aliphatic hydroxyl groups excluding tert-OH is 1. The molecule has 14 atom stereocenters. The van der Waals surface area contributed by atoms with E-state index in [-0.39, 0.29) is 35.9 Å². The summed E-state index contributed by atoms with van der Waals surface area (Å²) in [4.78, 5) is 44.4. The highest BCUT2D eigenvalue weighted by Crippen LogP contribution is 2.38. The highest BCUT2D eigenvalue weighted by molar-refractivity contribution is 6.00. The Morgan fingerprint density at radius 2 is 1.72 bits per heavy atom. The first-order valence-electron chi connectivity index (χ1n) is 17.1. The second-order valence-corrected chi connectivity index (χ2v) is 15.0. The zero-order chi connectivity index (χ0) is 35.6. The van der Waals surface area contributed by atoms with Crippen LogP contribution < -0.4 is 10.6 Å². The summed E-state index contributed by atoms with van der Waals surface area (Å²) in [6.45, 7) is 15.4. The molecule has 1 amide bonds. The van der Waals surface area contributed by atoms with Gasteiger partial charge >= 0.3 is 12.1 Å². The zero-order valence-electron chi connectivity index (χ0n) is 30.9. The Morgan fingerprint density at radius 3 is 2.28 bits per heavy atom. The smallest absolute Gasteiger partial charge is 0.408 e. The number of hydrogen-bond donors (Lipinski definition) is 3. The van der Waals surface area contributed by atoms with E-state index < -0.39 is 65.7 Å². The summed E-state index contributed by atoms with van der Waals surface area (Å²) >= 11 is 0. The number of nitrogens with one attached hydrogen (secondary N) is 2. The SMILES string of the molecule is CC[C@H]1OC(=O)[C@H](C)C(=O)[C@H](C)[C@@H](O[C@@H]2OC([C@@H](C)N(C)C)CC(N(C)C)C2O)[C@](C)(OC)C[C@@H](C)CN[C@H](C)[C@H]2NC(=O)O[C@@]21C. The number of esters is 1. The third-order valence-electron chi connectivity index (χ3n) is 11.0. The van der Waals surface area contributed by atoms with Gasteiger partial charge in [0.25, 0.3) is 0 Å².